The zero-order chi connectivity index (χ0) is 9.84. The minimum Gasteiger partial charge on any atom is -0.228 e. The number of hydrogen-bond donors (Lipinski definition) is 0. The number of rotatable bonds is 3. The lowest BCUT2D eigenvalue weighted by Gasteiger charge is -2.10. The summed E-state index contributed by atoms with van der Waals surface area (Å²) in [4.78, 5) is 0. The molecule has 0 N–H and O–H groups in total. The van der Waals surface area contributed by atoms with Crippen LogP contribution in [0.2, 0.25) is 0 Å². The van der Waals surface area contributed by atoms with Crippen molar-refractivity contribution in [2.75, 3.05) is 0 Å². The molecule has 0 aliphatic heterocycles. The van der Waals surface area contributed by atoms with Crippen molar-refractivity contribution in [2.24, 2.45) is 0 Å². The summed E-state index contributed by atoms with van der Waals surface area (Å²) < 4.78 is 0. The lowest BCUT2D eigenvalue weighted by atomic mass is 9.98. The van der Waals surface area contributed by atoms with E-state index in [9.17, 15) is 5.11 Å². The third kappa shape index (κ3) is 2.56. The molecule has 0 heterocycles. The second-order valence-corrected chi connectivity index (χ2v) is 3.64. The first-order valence-electron chi connectivity index (χ1n) is 4.88. The minimum atomic E-state index is -0.536. The van der Waals surface area contributed by atoms with E-state index in [1.165, 1.54) is 5.56 Å². The van der Waals surface area contributed by atoms with Gasteiger partial charge in [0.15, 0.2) is 0 Å². The zero-order valence-corrected chi connectivity index (χ0v) is 8.63. The Balaban J connectivity index is 2.88. The molecule has 1 aromatic carbocycles. The van der Waals surface area contributed by atoms with E-state index in [1.54, 1.807) is 0 Å². The predicted octanol–water partition coefficient (Wildman–Crippen LogP) is 3.58. The fourth-order valence-electron chi connectivity index (χ4n) is 1.60. The largest absolute Gasteiger partial charge is 0.228 e. The third-order valence-electron chi connectivity index (χ3n) is 2.32. The molecule has 1 unspecified atom stereocenters. The summed E-state index contributed by atoms with van der Waals surface area (Å²) in [7, 11) is 0. The molecule has 1 nitrogen and oxygen atoms in total. The molecular weight excluding hydrogens is 160 g/mol. The van der Waals surface area contributed by atoms with Gasteiger partial charge < -0.3 is 0 Å². The van der Waals surface area contributed by atoms with Crippen LogP contribution in [0.1, 0.15) is 42.6 Å². The monoisotopic (exact) mass is 177 g/mol. The molecule has 0 aliphatic rings. The first-order chi connectivity index (χ1) is 6.15. The first kappa shape index (κ1) is 10.3. The Labute approximate surface area is 80.4 Å². The summed E-state index contributed by atoms with van der Waals surface area (Å²) >= 11 is 0. The van der Waals surface area contributed by atoms with E-state index in [0.717, 1.165) is 24.0 Å². The van der Waals surface area contributed by atoms with E-state index in [4.69, 9.17) is 0 Å². The van der Waals surface area contributed by atoms with Crippen molar-refractivity contribution in [2.45, 2.75) is 39.7 Å². The molecule has 1 rings (SSSR count). The van der Waals surface area contributed by atoms with Gasteiger partial charge in [-0.3, -0.25) is 0 Å². The third-order valence-corrected chi connectivity index (χ3v) is 2.32. The normalized spacial score (nSPS) is 12.9. The molecule has 1 aromatic rings. The number of hydrogen-bond acceptors (Lipinski definition) is 0. The predicted molar refractivity (Wildman–Crippen MR) is 54.3 cm³/mol. The molecule has 0 saturated heterocycles. The Kier molecular flexibility index (Phi) is 3.49. The van der Waals surface area contributed by atoms with Gasteiger partial charge in [0, 0.05) is 0 Å². The highest BCUT2D eigenvalue weighted by Crippen LogP contribution is 2.22. The highest BCUT2D eigenvalue weighted by Gasteiger charge is 2.10. The van der Waals surface area contributed by atoms with Crippen LogP contribution in [0.15, 0.2) is 18.2 Å². The molecule has 0 amide bonds. The van der Waals surface area contributed by atoms with Gasteiger partial charge in [-0.15, -0.1) is 0 Å². The summed E-state index contributed by atoms with van der Waals surface area (Å²) in [5.74, 6) is 0. The fourth-order valence-corrected chi connectivity index (χ4v) is 1.60. The summed E-state index contributed by atoms with van der Waals surface area (Å²) in [6.45, 7) is 6.12. The van der Waals surface area contributed by atoms with E-state index < -0.39 is 6.10 Å². The summed E-state index contributed by atoms with van der Waals surface area (Å²) in [6.07, 6.45) is 1.16. The topological polar surface area (TPSA) is 19.9 Å². The molecule has 1 radical (unpaired) electrons. The van der Waals surface area contributed by atoms with Crippen LogP contribution in [-0.4, -0.2) is 0 Å². The maximum absolute atomic E-state index is 11.7. The average molecular weight is 177 g/mol. The molecule has 0 saturated carbocycles. The summed E-state index contributed by atoms with van der Waals surface area (Å²) in [5, 5.41) is 11.7. The van der Waals surface area contributed by atoms with Gasteiger partial charge in [-0.2, -0.15) is 0 Å². The summed E-state index contributed by atoms with van der Waals surface area (Å²) in [6, 6.07) is 6.07. The Morgan fingerprint density at radius 3 is 2.54 bits per heavy atom. The lowest BCUT2D eigenvalue weighted by Crippen LogP contribution is -1.98. The van der Waals surface area contributed by atoms with E-state index in [-0.39, 0.29) is 0 Å². The van der Waals surface area contributed by atoms with E-state index in [1.807, 2.05) is 19.1 Å². The van der Waals surface area contributed by atoms with Crippen molar-refractivity contribution in [3.8, 4) is 0 Å². The van der Waals surface area contributed by atoms with Gasteiger partial charge in [-0.05, 0) is 31.4 Å². The van der Waals surface area contributed by atoms with Crippen LogP contribution in [0.5, 0.6) is 0 Å². The van der Waals surface area contributed by atoms with Crippen LogP contribution in [0.4, 0.5) is 0 Å². The maximum atomic E-state index is 11.7. The molecule has 1 heteroatoms. The van der Waals surface area contributed by atoms with Crippen molar-refractivity contribution < 1.29 is 5.11 Å². The Hall–Kier alpha value is -0.820. The fraction of sp³-hybridized carbons (Fsp3) is 0.500. The van der Waals surface area contributed by atoms with E-state index in [2.05, 4.69) is 19.9 Å². The van der Waals surface area contributed by atoms with Crippen LogP contribution < -0.4 is 0 Å². The minimum absolute atomic E-state index is 0.536. The van der Waals surface area contributed by atoms with Crippen LogP contribution in [0.25, 0.3) is 0 Å². The molecular formula is C12H17O. The van der Waals surface area contributed by atoms with E-state index >= 15 is 0 Å². The molecule has 0 aromatic heterocycles. The SMILES string of the molecule is CCCC([O])c1ccc(C)cc1C. The molecule has 1 atom stereocenters. The number of aryl methyl sites for hydroxylation is 2. The molecule has 13 heavy (non-hydrogen) atoms. The van der Waals surface area contributed by atoms with E-state index in [0.29, 0.717) is 0 Å². The van der Waals surface area contributed by atoms with Crippen LogP contribution in [-0.2, 0) is 5.11 Å². The Morgan fingerprint density at radius 2 is 2.00 bits per heavy atom. The second-order valence-electron chi connectivity index (χ2n) is 3.64. The Morgan fingerprint density at radius 1 is 1.31 bits per heavy atom. The van der Waals surface area contributed by atoms with Gasteiger partial charge in [0.05, 0.1) is 0 Å². The summed E-state index contributed by atoms with van der Waals surface area (Å²) in [5.41, 5.74) is 3.32. The van der Waals surface area contributed by atoms with Crippen molar-refractivity contribution in [3.05, 3.63) is 34.9 Å². The quantitative estimate of drug-likeness (QED) is 0.672. The van der Waals surface area contributed by atoms with Gasteiger partial charge in [0.25, 0.3) is 0 Å². The molecule has 71 valence electrons. The van der Waals surface area contributed by atoms with Crippen LogP contribution in [0, 0.1) is 13.8 Å². The Bertz CT molecular complexity index is 278. The van der Waals surface area contributed by atoms with Crippen molar-refractivity contribution in [3.63, 3.8) is 0 Å². The first-order valence-corrected chi connectivity index (χ1v) is 4.88. The molecule has 0 spiro atoms. The maximum Gasteiger partial charge on any atom is 0.118 e. The smallest absolute Gasteiger partial charge is 0.118 e. The van der Waals surface area contributed by atoms with Crippen LogP contribution >= 0.6 is 0 Å². The standard InChI is InChI=1S/C12H17O/c1-4-5-12(13)11-7-6-9(2)8-10(11)3/h6-8,12H,4-5H2,1-3H3. The lowest BCUT2D eigenvalue weighted by molar-refractivity contribution is 0.0800. The van der Waals surface area contributed by atoms with Gasteiger partial charge >= 0.3 is 0 Å². The molecule has 0 aliphatic carbocycles. The molecule has 0 bridgehead atoms. The second kappa shape index (κ2) is 4.43. The molecule has 0 fully saturated rings. The van der Waals surface area contributed by atoms with Gasteiger partial charge in [-0.1, -0.05) is 37.1 Å². The van der Waals surface area contributed by atoms with Gasteiger partial charge in [0.2, 0.25) is 0 Å². The van der Waals surface area contributed by atoms with Crippen molar-refractivity contribution in [1.29, 1.82) is 0 Å². The highest BCUT2D eigenvalue weighted by atomic mass is 16.3. The average Bonchev–Trinajstić information content (AvgIpc) is 2.04. The van der Waals surface area contributed by atoms with Gasteiger partial charge in [0.1, 0.15) is 6.10 Å². The van der Waals surface area contributed by atoms with Gasteiger partial charge in [-0.25, -0.2) is 5.11 Å². The highest BCUT2D eigenvalue weighted by molar-refractivity contribution is 5.31. The van der Waals surface area contributed by atoms with Crippen LogP contribution in [0.3, 0.4) is 0 Å². The zero-order valence-electron chi connectivity index (χ0n) is 8.63. The van der Waals surface area contributed by atoms with Crippen molar-refractivity contribution in [1.82, 2.24) is 0 Å². The number of benzene rings is 1. The van der Waals surface area contributed by atoms with Crippen molar-refractivity contribution >= 4 is 0 Å².